The lowest BCUT2D eigenvalue weighted by molar-refractivity contribution is 0.563. The summed E-state index contributed by atoms with van der Waals surface area (Å²) in [5.74, 6) is -0.592. The molecule has 14 rings (SSSR count). The molecule has 0 saturated carbocycles. The Kier molecular flexibility index (Phi) is 8.98. The Labute approximate surface area is 412 Å². The highest BCUT2D eigenvalue weighted by Crippen LogP contribution is 2.64. The zero-order chi connectivity index (χ0) is 46.9. The van der Waals surface area contributed by atoms with Crippen molar-refractivity contribution in [3.8, 4) is 11.1 Å². The first kappa shape index (κ1) is 41.1. The molecule has 2 aliphatic carbocycles. The highest BCUT2D eigenvalue weighted by atomic mass is 32.1. The minimum absolute atomic E-state index is 0.296. The predicted molar refractivity (Wildman–Crippen MR) is 291 cm³/mol. The lowest BCUT2D eigenvalue weighted by Gasteiger charge is -2.47. The Morgan fingerprint density at radius 1 is 0.343 bits per heavy atom. The van der Waals surface area contributed by atoms with Crippen LogP contribution in [-0.4, -0.2) is 0 Å². The van der Waals surface area contributed by atoms with Crippen LogP contribution in [0.25, 0.3) is 51.5 Å². The maximum Gasteiger partial charge on any atom is 0.125 e. The average molecular weight is 941 g/mol. The largest absolute Gasteiger partial charge is 0.309 e. The smallest absolute Gasteiger partial charge is 0.125 e. The summed E-state index contributed by atoms with van der Waals surface area (Å²) in [4.78, 5) is 4.48. The van der Waals surface area contributed by atoms with Crippen molar-refractivity contribution in [2.45, 2.75) is 24.7 Å². The van der Waals surface area contributed by atoms with Crippen molar-refractivity contribution >= 4 is 97.1 Å². The second-order valence-corrected chi connectivity index (χ2v) is 21.2. The van der Waals surface area contributed by atoms with Gasteiger partial charge < -0.3 is 9.80 Å². The third-order valence-electron chi connectivity index (χ3n) is 15.0. The molecule has 70 heavy (non-hydrogen) atoms. The van der Waals surface area contributed by atoms with Gasteiger partial charge in [0, 0.05) is 59.1 Å². The first-order chi connectivity index (χ1) is 34.3. The Morgan fingerprint density at radius 3 is 1.19 bits per heavy atom. The lowest BCUT2D eigenvalue weighted by Crippen LogP contribution is -2.40. The number of hydrogen-bond donors (Lipinski definition) is 0. The van der Waals surface area contributed by atoms with Crippen molar-refractivity contribution in [2.75, 3.05) is 9.80 Å². The molecular formula is C64H42F2N2S2. The number of thiophene rings is 2. The molecule has 0 amide bonds. The van der Waals surface area contributed by atoms with Gasteiger partial charge in [-0.2, -0.15) is 0 Å². The second-order valence-electron chi connectivity index (χ2n) is 19.1. The SMILES string of the molecule is CC1(C)c2ccccc2C2(c3cc(N(c4cccc(F)c4)c4cccc5c4sc4ccccc45)ccc3-c3ccc(N(c4cccc(F)c4)c4cccc5c4sc4ccccc45)cc32)c2ccccc21. The van der Waals surface area contributed by atoms with E-state index in [9.17, 15) is 0 Å². The minimum atomic E-state index is -0.784. The molecule has 0 saturated heterocycles. The molecule has 1 spiro atoms. The number of rotatable bonds is 6. The van der Waals surface area contributed by atoms with Crippen LogP contribution >= 0.6 is 22.7 Å². The Hall–Kier alpha value is -7.90. The molecule has 2 heterocycles. The minimum Gasteiger partial charge on any atom is -0.309 e. The fraction of sp³-hybridized carbons (Fsp3) is 0.0625. The van der Waals surface area contributed by atoms with E-state index in [1.54, 1.807) is 46.9 Å². The molecule has 12 aromatic rings. The van der Waals surface area contributed by atoms with Crippen LogP contribution in [0.5, 0.6) is 0 Å². The van der Waals surface area contributed by atoms with Crippen LogP contribution in [0, 0.1) is 11.6 Å². The van der Waals surface area contributed by atoms with E-state index >= 15 is 8.78 Å². The first-order valence-electron chi connectivity index (χ1n) is 23.7. The fourth-order valence-electron chi connectivity index (χ4n) is 12.1. The third kappa shape index (κ3) is 5.81. The van der Waals surface area contributed by atoms with Crippen LogP contribution < -0.4 is 9.80 Å². The molecule has 0 bridgehead atoms. The van der Waals surface area contributed by atoms with Gasteiger partial charge in [0.25, 0.3) is 0 Å². The van der Waals surface area contributed by atoms with Gasteiger partial charge >= 0.3 is 0 Å². The van der Waals surface area contributed by atoms with Gasteiger partial charge in [-0.25, -0.2) is 8.78 Å². The molecule has 0 aliphatic heterocycles. The van der Waals surface area contributed by atoms with Crippen molar-refractivity contribution in [3.63, 3.8) is 0 Å². The van der Waals surface area contributed by atoms with Crippen LogP contribution in [-0.2, 0) is 10.8 Å². The zero-order valence-corrected chi connectivity index (χ0v) is 39.9. The van der Waals surface area contributed by atoms with Crippen molar-refractivity contribution < 1.29 is 8.78 Å². The lowest BCUT2D eigenvalue weighted by atomic mass is 9.55. The van der Waals surface area contributed by atoms with Gasteiger partial charge in [-0.05, 0) is 129 Å². The predicted octanol–water partition coefficient (Wildman–Crippen LogP) is 18.6. The molecule has 2 aliphatic rings. The quantitative estimate of drug-likeness (QED) is 0.164. The summed E-state index contributed by atoms with van der Waals surface area (Å²) in [6, 6.07) is 75.7. The van der Waals surface area contributed by atoms with Gasteiger partial charge in [-0.15, -0.1) is 22.7 Å². The zero-order valence-electron chi connectivity index (χ0n) is 38.3. The molecule has 0 radical (unpaired) electrons. The normalized spacial score (nSPS) is 13.9. The second kappa shape index (κ2) is 15.3. The van der Waals surface area contributed by atoms with Gasteiger partial charge in [-0.3, -0.25) is 0 Å². The molecule has 0 N–H and O–H groups in total. The van der Waals surface area contributed by atoms with E-state index in [1.165, 1.54) is 65.3 Å². The summed E-state index contributed by atoms with van der Waals surface area (Å²) in [6.45, 7) is 4.69. The summed E-state index contributed by atoms with van der Waals surface area (Å²) in [6.07, 6.45) is 0. The van der Waals surface area contributed by atoms with Crippen molar-refractivity contribution in [1.29, 1.82) is 0 Å². The Balaban J connectivity index is 1.07. The van der Waals surface area contributed by atoms with Crippen LogP contribution in [0.1, 0.15) is 47.2 Å². The van der Waals surface area contributed by atoms with Gasteiger partial charge in [0.15, 0.2) is 0 Å². The summed E-state index contributed by atoms with van der Waals surface area (Å²) in [5.41, 5.74) is 13.8. The number of fused-ring (bicyclic) bond motifs is 15. The monoisotopic (exact) mass is 940 g/mol. The Morgan fingerprint density at radius 2 is 0.729 bits per heavy atom. The van der Waals surface area contributed by atoms with E-state index < -0.39 is 5.41 Å². The molecule has 0 unspecified atom stereocenters. The number of benzene rings is 10. The number of anilines is 6. The van der Waals surface area contributed by atoms with Gasteiger partial charge in [-0.1, -0.05) is 147 Å². The number of nitrogens with zero attached hydrogens (tertiary/aromatic N) is 2. The summed E-state index contributed by atoms with van der Waals surface area (Å²) in [7, 11) is 0. The average Bonchev–Trinajstić information content (AvgIpc) is 4.05. The molecular weight excluding hydrogens is 899 g/mol. The third-order valence-corrected chi connectivity index (χ3v) is 17.4. The molecule has 334 valence electrons. The van der Waals surface area contributed by atoms with Crippen molar-refractivity contribution in [3.05, 3.63) is 263 Å². The molecule has 0 atom stereocenters. The maximum absolute atomic E-state index is 15.6. The van der Waals surface area contributed by atoms with E-state index in [4.69, 9.17) is 0 Å². The number of hydrogen-bond acceptors (Lipinski definition) is 4. The van der Waals surface area contributed by atoms with Crippen LogP contribution in [0.2, 0.25) is 0 Å². The fourth-order valence-corrected chi connectivity index (χ4v) is 14.5. The van der Waals surface area contributed by atoms with Gasteiger partial charge in [0.1, 0.15) is 11.6 Å². The highest BCUT2D eigenvalue weighted by molar-refractivity contribution is 7.26. The van der Waals surface area contributed by atoms with E-state index in [0.29, 0.717) is 0 Å². The standard InChI is InChI=1S/C64H42F2N2S2/c1-63(2)51-23-5-7-25-53(51)64(54-26-8-6-24-52(54)63)55-37-43(67(41-17-11-15-39(65)35-41)57-27-13-21-49-47-19-3-9-29-59(47)69-61(49)57)31-33-45(55)46-34-32-44(38-56(46)64)68(42-18-12-16-40(66)36-42)58-28-14-22-50-48-20-4-10-30-60(48)70-62(50)58/h3-38H,1-2H3. The van der Waals surface area contributed by atoms with Crippen LogP contribution in [0.3, 0.4) is 0 Å². The molecule has 0 fully saturated rings. The topological polar surface area (TPSA) is 6.48 Å². The molecule has 2 aromatic heterocycles. The molecule has 2 nitrogen and oxygen atoms in total. The van der Waals surface area contributed by atoms with Crippen LogP contribution in [0.4, 0.5) is 42.9 Å². The highest BCUT2D eigenvalue weighted by Gasteiger charge is 2.53. The molecule has 10 aromatic carbocycles. The van der Waals surface area contributed by atoms with Crippen LogP contribution in [0.15, 0.2) is 218 Å². The summed E-state index contributed by atoms with van der Waals surface area (Å²) < 4.78 is 35.9. The van der Waals surface area contributed by atoms with Gasteiger partial charge in [0.05, 0.1) is 26.2 Å². The van der Waals surface area contributed by atoms with E-state index in [2.05, 4.69) is 194 Å². The summed E-state index contributed by atoms with van der Waals surface area (Å²) in [5, 5.41) is 4.75. The Bertz CT molecular complexity index is 3860. The van der Waals surface area contributed by atoms with E-state index in [1.807, 2.05) is 12.1 Å². The van der Waals surface area contributed by atoms with Crippen molar-refractivity contribution in [2.24, 2.45) is 0 Å². The maximum atomic E-state index is 15.6. The molecule has 6 heteroatoms. The number of halogens is 2. The first-order valence-corrected chi connectivity index (χ1v) is 25.3. The summed E-state index contributed by atoms with van der Waals surface area (Å²) >= 11 is 3.54. The van der Waals surface area contributed by atoms with Gasteiger partial charge in [0.2, 0.25) is 0 Å². The van der Waals surface area contributed by atoms with E-state index in [0.717, 1.165) is 65.8 Å². The van der Waals surface area contributed by atoms with E-state index in [-0.39, 0.29) is 17.0 Å². The van der Waals surface area contributed by atoms with Crippen molar-refractivity contribution in [1.82, 2.24) is 0 Å².